The molecule has 194 valence electrons. The molecular formula is C25H24FN9O2S. The van der Waals surface area contributed by atoms with Crippen molar-refractivity contribution in [2.45, 2.75) is 13.5 Å². The number of hydrogen-bond acceptors (Lipinski definition) is 10. The van der Waals surface area contributed by atoms with E-state index in [0.717, 1.165) is 5.82 Å². The quantitative estimate of drug-likeness (QED) is 0.373. The monoisotopic (exact) mass is 533 g/mol. The van der Waals surface area contributed by atoms with Crippen LogP contribution >= 0.6 is 0 Å². The molecule has 3 aromatic heterocycles. The Morgan fingerprint density at radius 2 is 1.92 bits per heavy atom. The predicted molar refractivity (Wildman–Crippen MR) is 139 cm³/mol. The zero-order valence-corrected chi connectivity index (χ0v) is 21.5. The van der Waals surface area contributed by atoms with Crippen molar-refractivity contribution in [3.05, 3.63) is 65.2 Å². The zero-order valence-electron chi connectivity index (χ0n) is 20.7. The highest BCUT2D eigenvalue weighted by Crippen LogP contribution is 2.29. The van der Waals surface area contributed by atoms with Crippen LogP contribution in [0.2, 0.25) is 0 Å². The topological polar surface area (TPSA) is 157 Å². The van der Waals surface area contributed by atoms with Crippen LogP contribution in [0.25, 0.3) is 22.8 Å². The number of sulfone groups is 1. The van der Waals surface area contributed by atoms with Crippen LogP contribution in [-0.2, 0) is 16.4 Å². The Morgan fingerprint density at radius 3 is 2.66 bits per heavy atom. The first-order chi connectivity index (χ1) is 18.1. The SMILES string of the molecule is Cc1c(C#N)cccc1-c1nc(N)c(F)c(-c2cn(Cc3cccc(N4CC(CS(C)(=O)=O)C4)n3)nn2)n1. The van der Waals surface area contributed by atoms with E-state index in [0.29, 0.717) is 35.5 Å². The molecule has 0 amide bonds. The number of nitrogens with two attached hydrogens (primary N) is 1. The molecule has 0 unspecified atom stereocenters. The molecule has 2 N–H and O–H groups in total. The van der Waals surface area contributed by atoms with Crippen LogP contribution < -0.4 is 10.6 Å². The van der Waals surface area contributed by atoms with Gasteiger partial charge in [-0.15, -0.1) is 5.10 Å². The summed E-state index contributed by atoms with van der Waals surface area (Å²) in [7, 11) is -3.01. The summed E-state index contributed by atoms with van der Waals surface area (Å²) >= 11 is 0. The van der Waals surface area contributed by atoms with Crippen LogP contribution in [0.3, 0.4) is 0 Å². The molecule has 0 bridgehead atoms. The average molecular weight is 534 g/mol. The lowest BCUT2D eigenvalue weighted by molar-refractivity contribution is 0.440. The van der Waals surface area contributed by atoms with E-state index >= 15 is 0 Å². The lowest BCUT2D eigenvalue weighted by Crippen LogP contribution is -2.50. The standard InChI is InChI=1S/C25H24FN9O2S/c1-15-17(9-27)5-3-7-19(15)25-30-23(22(26)24(28)31-25)20-13-35(33-32-20)12-18-6-4-8-21(29-18)34-10-16(11-34)14-38(2,36)37/h3-8,13,16H,10-12,14H2,1-2H3,(H2,28,30,31). The first-order valence-corrected chi connectivity index (χ1v) is 13.8. The number of benzene rings is 1. The molecule has 1 aliphatic heterocycles. The minimum Gasteiger partial charge on any atom is -0.381 e. The van der Waals surface area contributed by atoms with Crippen molar-refractivity contribution >= 4 is 21.5 Å². The Labute approximate surface area is 218 Å². The Kier molecular flexibility index (Phi) is 6.50. The van der Waals surface area contributed by atoms with Gasteiger partial charge in [0.25, 0.3) is 0 Å². The fraction of sp³-hybridized carbons (Fsp3) is 0.280. The third-order valence-electron chi connectivity index (χ3n) is 6.29. The van der Waals surface area contributed by atoms with Gasteiger partial charge in [0.05, 0.1) is 35.8 Å². The molecule has 1 aliphatic rings. The Morgan fingerprint density at radius 1 is 1.16 bits per heavy atom. The van der Waals surface area contributed by atoms with E-state index in [-0.39, 0.29) is 41.2 Å². The number of anilines is 2. The lowest BCUT2D eigenvalue weighted by Gasteiger charge is -2.39. The van der Waals surface area contributed by atoms with Gasteiger partial charge in [-0.05, 0) is 30.7 Å². The molecular weight excluding hydrogens is 509 g/mol. The van der Waals surface area contributed by atoms with E-state index < -0.39 is 15.7 Å². The largest absolute Gasteiger partial charge is 0.381 e. The van der Waals surface area contributed by atoms with Gasteiger partial charge in [-0.3, -0.25) is 0 Å². The molecule has 1 fully saturated rings. The number of nitriles is 1. The molecule has 0 spiro atoms. The third-order valence-corrected chi connectivity index (χ3v) is 7.37. The van der Waals surface area contributed by atoms with Crippen LogP contribution in [0.15, 0.2) is 42.6 Å². The van der Waals surface area contributed by atoms with Crippen molar-refractivity contribution in [2.75, 3.05) is 35.7 Å². The predicted octanol–water partition coefficient (Wildman–Crippen LogP) is 2.23. The maximum Gasteiger partial charge on any atom is 0.193 e. The van der Waals surface area contributed by atoms with E-state index in [4.69, 9.17) is 5.73 Å². The molecule has 5 rings (SSSR count). The third kappa shape index (κ3) is 5.16. The Bertz CT molecular complexity index is 1670. The van der Waals surface area contributed by atoms with Gasteiger partial charge in [0.2, 0.25) is 0 Å². The summed E-state index contributed by atoms with van der Waals surface area (Å²) in [6.07, 6.45) is 2.80. The molecule has 0 atom stereocenters. The van der Waals surface area contributed by atoms with E-state index in [1.807, 2.05) is 23.1 Å². The average Bonchev–Trinajstić information content (AvgIpc) is 3.30. The summed E-state index contributed by atoms with van der Waals surface area (Å²) in [5.41, 5.74) is 8.33. The van der Waals surface area contributed by atoms with Gasteiger partial charge in [-0.1, -0.05) is 23.4 Å². The molecule has 0 aliphatic carbocycles. The zero-order chi connectivity index (χ0) is 27.0. The molecule has 38 heavy (non-hydrogen) atoms. The van der Waals surface area contributed by atoms with Gasteiger partial charge in [0, 0.05) is 30.8 Å². The molecule has 13 heteroatoms. The molecule has 4 heterocycles. The van der Waals surface area contributed by atoms with Crippen LogP contribution in [0.5, 0.6) is 0 Å². The van der Waals surface area contributed by atoms with Crippen LogP contribution in [-0.4, -0.2) is 63.5 Å². The fourth-order valence-corrected chi connectivity index (χ4v) is 5.49. The van der Waals surface area contributed by atoms with Crippen molar-refractivity contribution in [1.82, 2.24) is 29.9 Å². The van der Waals surface area contributed by atoms with E-state index in [2.05, 4.69) is 31.3 Å². The van der Waals surface area contributed by atoms with Crippen molar-refractivity contribution < 1.29 is 12.8 Å². The fourth-order valence-electron chi connectivity index (χ4n) is 4.43. The number of nitrogen functional groups attached to an aromatic ring is 1. The maximum absolute atomic E-state index is 15.0. The smallest absolute Gasteiger partial charge is 0.193 e. The maximum atomic E-state index is 15.0. The second kappa shape index (κ2) is 9.79. The lowest BCUT2D eigenvalue weighted by atomic mass is 10.0. The number of pyridine rings is 1. The normalized spacial score (nSPS) is 13.8. The second-order valence-corrected chi connectivity index (χ2v) is 11.5. The highest BCUT2D eigenvalue weighted by atomic mass is 32.2. The van der Waals surface area contributed by atoms with Crippen molar-refractivity contribution in [3.63, 3.8) is 0 Å². The van der Waals surface area contributed by atoms with Gasteiger partial charge in [-0.25, -0.2) is 32.4 Å². The summed E-state index contributed by atoms with van der Waals surface area (Å²) in [6, 6.07) is 12.8. The van der Waals surface area contributed by atoms with Crippen LogP contribution in [0, 0.1) is 30.0 Å². The Balaban J connectivity index is 1.36. The molecule has 1 saturated heterocycles. The van der Waals surface area contributed by atoms with Gasteiger partial charge in [0.15, 0.2) is 17.5 Å². The van der Waals surface area contributed by atoms with E-state index in [1.165, 1.54) is 10.9 Å². The molecule has 0 radical (unpaired) electrons. The van der Waals surface area contributed by atoms with E-state index in [1.54, 1.807) is 31.3 Å². The van der Waals surface area contributed by atoms with Crippen LogP contribution in [0.4, 0.5) is 16.0 Å². The van der Waals surface area contributed by atoms with Crippen molar-refractivity contribution in [1.29, 1.82) is 5.26 Å². The van der Waals surface area contributed by atoms with Gasteiger partial charge >= 0.3 is 0 Å². The summed E-state index contributed by atoms with van der Waals surface area (Å²) < 4.78 is 39.5. The number of rotatable bonds is 7. The highest BCUT2D eigenvalue weighted by Gasteiger charge is 2.30. The second-order valence-electron chi connectivity index (χ2n) is 9.34. The summed E-state index contributed by atoms with van der Waals surface area (Å²) in [4.78, 5) is 15.1. The molecule has 11 nitrogen and oxygen atoms in total. The van der Waals surface area contributed by atoms with Crippen molar-refractivity contribution in [3.8, 4) is 28.8 Å². The summed E-state index contributed by atoms with van der Waals surface area (Å²) in [5, 5.41) is 17.5. The van der Waals surface area contributed by atoms with E-state index in [9.17, 15) is 18.1 Å². The highest BCUT2D eigenvalue weighted by molar-refractivity contribution is 7.90. The molecule has 4 aromatic rings. The first kappa shape index (κ1) is 25.2. The van der Waals surface area contributed by atoms with Gasteiger partial charge < -0.3 is 10.6 Å². The number of aromatic nitrogens is 6. The number of nitrogens with zero attached hydrogens (tertiary/aromatic N) is 8. The summed E-state index contributed by atoms with van der Waals surface area (Å²) in [6.45, 7) is 3.30. The number of hydrogen-bond donors (Lipinski definition) is 1. The van der Waals surface area contributed by atoms with Crippen molar-refractivity contribution in [2.24, 2.45) is 5.92 Å². The van der Waals surface area contributed by atoms with Gasteiger partial charge in [-0.2, -0.15) is 5.26 Å². The Hall–Kier alpha value is -4.44. The van der Waals surface area contributed by atoms with Gasteiger partial charge in [0.1, 0.15) is 27.0 Å². The first-order valence-electron chi connectivity index (χ1n) is 11.7. The minimum atomic E-state index is -3.01. The summed E-state index contributed by atoms with van der Waals surface area (Å²) in [5.74, 6) is 0.0541. The molecule has 0 saturated carbocycles. The molecule has 1 aromatic carbocycles. The van der Waals surface area contributed by atoms with Crippen LogP contribution in [0.1, 0.15) is 16.8 Å². The minimum absolute atomic E-state index is 0.0968. The number of halogens is 1.